The van der Waals surface area contributed by atoms with Crippen molar-refractivity contribution in [1.82, 2.24) is 9.97 Å². The van der Waals surface area contributed by atoms with E-state index < -0.39 is 15.7 Å². The van der Waals surface area contributed by atoms with Gasteiger partial charge in [-0.15, -0.1) is 0 Å². The summed E-state index contributed by atoms with van der Waals surface area (Å²) in [6, 6.07) is 20.5. The van der Waals surface area contributed by atoms with Crippen molar-refractivity contribution in [3.05, 3.63) is 107 Å². The number of hydrogen-bond donors (Lipinski definition) is 0. The Hall–Kier alpha value is -2.52. The average molecular weight is 511 g/mol. The van der Waals surface area contributed by atoms with Crippen LogP contribution in [0.3, 0.4) is 0 Å². The minimum Gasteiger partial charge on any atom is -0.229 e. The first-order valence-corrected chi connectivity index (χ1v) is 12.0. The molecule has 164 valence electrons. The van der Waals surface area contributed by atoms with Gasteiger partial charge >= 0.3 is 0 Å². The third-order valence-electron chi connectivity index (χ3n) is 3.81. The van der Waals surface area contributed by atoms with Crippen molar-refractivity contribution in [2.45, 2.75) is 19.8 Å². The zero-order valence-corrected chi connectivity index (χ0v) is 19.3. The summed E-state index contributed by atoms with van der Waals surface area (Å²) in [5.74, 6) is -0.735. The van der Waals surface area contributed by atoms with E-state index in [0.717, 1.165) is 22.1 Å². The van der Waals surface area contributed by atoms with Gasteiger partial charge in [-0.05, 0) is 72.8 Å². The Labute approximate surface area is 198 Å². The Morgan fingerprint density at radius 1 is 0.688 bits per heavy atom. The Kier molecular flexibility index (Phi) is 8.20. The number of nitrogens with zero attached hydrogens (tertiary/aromatic N) is 2. The summed E-state index contributed by atoms with van der Waals surface area (Å²) in [6.45, 7) is 0. The van der Waals surface area contributed by atoms with Gasteiger partial charge in [0.1, 0.15) is 27.0 Å². The summed E-state index contributed by atoms with van der Waals surface area (Å²) in [5, 5.41) is 1.20. The highest BCUT2D eigenvalue weighted by Crippen LogP contribution is 2.26. The molecule has 0 atom stereocenters. The number of aromatic nitrogens is 2. The van der Waals surface area contributed by atoms with E-state index in [1.807, 2.05) is 12.1 Å². The van der Waals surface area contributed by atoms with Crippen LogP contribution in [0.25, 0.3) is 0 Å². The van der Waals surface area contributed by atoms with Crippen LogP contribution in [0.5, 0.6) is 0 Å². The van der Waals surface area contributed by atoms with E-state index in [4.69, 9.17) is 23.2 Å². The molecule has 0 amide bonds. The standard InChI is InChI=1S/C11H7ClFNO2S.C11H7ClFNS/c12-10-2-1-3-11(14-10)17(15,16)9-6-4-8(13)5-7-9;12-10-2-1-3-11(14-10)15-9-6-4-8(13)5-7-9/h1-7H;1-7H. The lowest BCUT2D eigenvalue weighted by molar-refractivity contribution is 0.591. The number of pyridine rings is 2. The van der Waals surface area contributed by atoms with Crippen LogP contribution in [0, 0.1) is 11.6 Å². The molecule has 0 bridgehead atoms. The molecule has 0 aliphatic heterocycles. The maximum atomic E-state index is 12.7. The van der Waals surface area contributed by atoms with Gasteiger partial charge in [-0.2, -0.15) is 0 Å². The summed E-state index contributed by atoms with van der Waals surface area (Å²) >= 11 is 12.8. The number of halogens is 4. The van der Waals surface area contributed by atoms with Gasteiger partial charge in [0.05, 0.1) is 4.90 Å². The van der Waals surface area contributed by atoms with Crippen LogP contribution in [0.1, 0.15) is 0 Å². The van der Waals surface area contributed by atoms with Crippen molar-refractivity contribution in [2.75, 3.05) is 0 Å². The lowest BCUT2D eigenvalue weighted by atomic mass is 10.4. The Morgan fingerprint density at radius 2 is 1.22 bits per heavy atom. The topological polar surface area (TPSA) is 59.9 Å². The van der Waals surface area contributed by atoms with Gasteiger partial charge in [0.25, 0.3) is 0 Å². The molecule has 0 aliphatic carbocycles. The fraction of sp³-hybridized carbons (Fsp3) is 0. The van der Waals surface area contributed by atoms with Crippen molar-refractivity contribution in [3.8, 4) is 0 Å². The highest BCUT2D eigenvalue weighted by molar-refractivity contribution is 7.99. The molecule has 2 aromatic heterocycles. The highest BCUT2D eigenvalue weighted by atomic mass is 35.5. The van der Waals surface area contributed by atoms with Crippen molar-refractivity contribution in [2.24, 2.45) is 0 Å². The summed E-state index contributed by atoms with van der Waals surface area (Å²) in [7, 11) is -3.74. The van der Waals surface area contributed by atoms with E-state index in [2.05, 4.69) is 9.97 Å². The summed E-state index contributed by atoms with van der Waals surface area (Å²) in [5.41, 5.74) is 0. The molecule has 0 fully saturated rings. The van der Waals surface area contributed by atoms with Gasteiger partial charge in [0.2, 0.25) is 9.84 Å². The largest absolute Gasteiger partial charge is 0.229 e. The fourth-order valence-electron chi connectivity index (χ4n) is 2.34. The van der Waals surface area contributed by atoms with Gasteiger partial charge in [0, 0.05) is 4.90 Å². The SMILES string of the molecule is Fc1ccc(Sc2cccc(Cl)n2)cc1.O=S(=O)(c1ccc(F)cc1)c1cccc(Cl)n1. The molecule has 0 aliphatic rings. The van der Waals surface area contributed by atoms with Crippen LogP contribution in [0.15, 0.2) is 105 Å². The second-order valence-corrected chi connectivity index (χ2v) is 9.88. The molecule has 2 aromatic carbocycles. The molecule has 0 saturated heterocycles. The molecule has 0 saturated carbocycles. The van der Waals surface area contributed by atoms with Gasteiger partial charge in [-0.3, -0.25) is 0 Å². The summed E-state index contributed by atoms with van der Waals surface area (Å²) < 4.78 is 49.5. The van der Waals surface area contributed by atoms with Crippen LogP contribution in [-0.4, -0.2) is 18.4 Å². The zero-order valence-electron chi connectivity index (χ0n) is 16.1. The van der Waals surface area contributed by atoms with E-state index in [-0.39, 0.29) is 20.9 Å². The molecular weight excluding hydrogens is 497 g/mol. The molecule has 4 nitrogen and oxygen atoms in total. The lowest BCUT2D eigenvalue weighted by Gasteiger charge is -2.03. The van der Waals surface area contributed by atoms with E-state index in [1.54, 1.807) is 18.2 Å². The van der Waals surface area contributed by atoms with E-state index in [0.29, 0.717) is 5.15 Å². The van der Waals surface area contributed by atoms with Crippen LogP contribution in [0.4, 0.5) is 8.78 Å². The minimum atomic E-state index is -3.74. The first-order chi connectivity index (χ1) is 15.2. The normalized spacial score (nSPS) is 10.9. The average Bonchev–Trinajstić information content (AvgIpc) is 2.76. The van der Waals surface area contributed by atoms with Crippen LogP contribution in [-0.2, 0) is 9.84 Å². The number of benzene rings is 2. The Bertz CT molecular complexity index is 1300. The molecule has 0 spiro atoms. The monoisotopic (exact) mass is 510 g/mol. The molecule has 0 radical (unpaired) electrons. The molecule has 10 heteroatoms. The van der Waals surface area contributed by atoms with Gasteiger partial charge in [-0.25, -0.2) is 27.2 Å². The van der Waals surface area contributed by atoms with E-state index >= 15 is 0 Å². The molecular formula is C22H14Cl2F2N2O2S2. The van der Waals surface area contributed by atoms with E-state index in [9.17, 15) is 17.2 Å². The molecule has 4 aromatic rings. The minimum absolute atomic E-state index is 0.0198. The third-order valence-corrected chi connectivity index (χ3v) is 6.85. The second-order valence-electron chi connectivity index (χ2n) is 6.11. The Morgan fingerprint density at radius 3 is 1.78 bits per heavy atom. The predicted octanol–water partition coefficient (Wildman–Crippen LogP) is 6.73. The smallest absolute Gasteiger partial charge is 0.223 e. The van der Waals surface area contributed by atoms with Crippen LogP contribution >= 0.6 is 35.0 Å². The number of rotatable bonds is 4. The van der Waals surface area contributed by atoms with Crippen molar-refractivity contribution in [1.29, 1.82) is 0 Å². The molecule has 0 N–H and O–H groups in total. The summed E-state index contributed by atoms with van der Waals surface area (Å²) in [6.07, 6.45) is 0. The van der Waals surface area contributed by atoms with Gasteiger partial charge < -0.3 is 0 Å². The predicted molar refractivity (Wildman–Crippen MR) is 121 cm³/mol. The quantitative estimate of drug-likeness (QED) is 0.225. The second kappa shape index (κ2) is 10.9. The molecule has 4 rings (SSSR count). The maximum absolute atomic E-state index is 12.7. The van der Waals surface area contributed by atoms with Crippen molar-refractivity contribution in [3.63, 3.8) is 0 Å². The summed E-state index contributed by atoms with van der Waals surface area (Å²) in [4.78, 5) is 8.77. The molecule has 2 heterocycles. The van der Waals surface area contributed by atoms with Gasteiger partial charge in [-0.1, -0.05) is 47.1 Å². The Balaban J connectivity index is 0.000000182. The number of sulfone groups is 1. The number of hydrogen-bond acceptors (Lipinski definition) is 5. The highest BCUT2D eigenvalue weighted by Gasteiger charge is 2.19. The van der Waals surface area contributed by atoms with Crippen LogP contribution in [0.2, 0.25) is 10.3 Å². The van der Waals surface area contributed by atoms with Crippen molar-refractivity contribution >= 4 is 44.8 Å². The van der Waals surface area contributed by atoms with Crippen molar-refractivity contribution < 1.29 is 17.2 Å². The van der Waals surface area contributed by atoms with Gasteiger partial charge in [0.15, 0.2) is 5.03 Å². The van der Waals surface area contributed by atoms with E-state index in [1.165, 1.54) is 54.2 Å². The third kappa shape index (κ3) is 6.74. The first kappa shape index (κ1) is 24.1. The first-order valence-electron chi connectivity index (χ1n) is 8.93. The zero-order chi connectivity index (χ0) is 23.1. The fourth-order valence-corrected chi connectivity index (χ4v) is 4.79. The molecule has 32 heavy (non-hydrogen) atoms. The lowest BCUT2D eigenvalue weighted by Crippen LogP contribution is -2.04. The van der Waals surface area contributed by atoms with Crippen LogP contribution < -0.4 is 0 Å². The molecule has 0 unspecified atom stereocenters. The maximum Gasteiger partial charge on any atom is 0.223 e.